The van der Waals surface area contributed by atoms with Gasteiger partial charge in [-0.1, -0.05) is 38.1 Å². The quantitative estimate of drug-likeness (QED) is 0.824. The van der Waals surface area contributed by atoms with E-state index in [-0.39, 0.29) is 0 Å². The highest BCUT2D eigenvalue weighted by molar-refractivity contribution is 7.10. The Morgan fingerprint density at radius 2 is 1.80 bits per heavy atom. The average Bonchev–Trinajstić information content (AvgIpc) is 2.96. The molecule has 1 atom stereocenters. The Balaban J connectivity index is 2.16. The van der Waals surface area contributed by atoms with E-state index in [9.17, 15) is 0 Å². The number of benzene rings is 1. The molecule has 1 aromatic carbocycles. The molecule has 1 N–H and O–H groups in total. The fraction of sp³-hybridized carbons (Fsp3) is 0.412. The highest BCUT2D eigenvalue weighted by Gasteiger charge is 2.17. The first kappa shape index (κ1) is 15.1. The molecule has 2 nitrogen and oxygen atoms in total. The number of hydrogen-bond donors (Lipinski definition) is 1. The summed E-state index contributed by atoms with van der Waals surface area (Å²) < 4.78 is 5.46. The number of methoxy groups -OCH3 is 1. The molecule has 2 rings (SSSR count). The molecule has 3 heteroatoms. The van der Waals surface area contributed by atoms with Crippen LogP contribution < -0.4 is 10.1 Å². The number of ether oxygens (including phenoxy) is 1. The molecule has 0 radical (unpaired) electrons. The van der Waals surface area contributed by atoms with Gasteiger partial charge in [0.1, 0.15) is 5.75 Å². The lowest BCUT2D eigenvalue weighted by Crippen LogP contribution is -2.22. The molecular formula is C17H23NOS. The second kappa shape index (κ2) is 7.46. The summed E-state index contributed by atoms with van der Waals surface area (Å²) in [5, 5.41) is 5.66. The summed E-state index contributed by atoms with van der Waals surface area (Å²) in [6.45, 7) is 5.29. The lowest BCUT2D eigenvalue weighted by atomic mass is 10.0. The molecule has 0 aliphatic heterocycles. The Morgan fingerprint density at radius 3 is 2.40 bits per heavy atom. The maximum Gasteiger partial charge on any atom is 0.134 e. The predicted octanol–water partition coefficient (Wildman–Crippen LogP) is 4.21. The summed E-state index contributed by atoms with van der Waals surface area (Å²) in [5.74, 6) is 0.992. The Hall–Kier alpha value is -1.32. The summed E-state index contributed by atoms with van der Waals surface area (Å²) in [4.78, 5) is 1.29. The highest BCUT2D eigenvalue weighted by Crippen LogP contribution is 2.32. The maximum absolute atomic E-state index is 5.46. The first-order chi connectivity index (χ1) is 9.78. The summed E-state index contributed by atoms with van der Waals surface area (Å²) in [7, 11) is 1.74. The van der Waals surface area contributed by atoms with Crippen LogP contribution in [0.15, 0.2) is 35.7 Å². The highest BCUT2D eigenvalue weighted by atomic mass is 32.1. The first-order valence-electron chi connectivity index (χ1n) is 7.21. The predicted molar refractivity (Wildman–Crippen MR) is 86.8 cm³/mol. The van der Waals surface area contributed by atoms with Crippen LogP contribution in [-0.2, 0) is 12.8 Å². The molecule has 0 spiro atoms. The summed E-state index contributed by atoms with van der Waals surface area (Å²) in [6.07, 6.45) is 2.09. The van der Waals surface area contributed by atoms with Crippen LogP contribution in [-0.4, -0.2) is 13.7 Å². The van der Waals surface area contributed by atoms with Gasteiger partial charge in [0.25, 0.3) is 0 Å². The molecule has 1 heterocycles. The van der Waals surface area contributed by atoms with Crippen LogP contribution in [0.2, 0.25) is 0 Å². The third-order valence-corrected chi connectivity index (χ3v) is 4.53. The second-order valence-electron chi connectivity index (χ2n) is 4.84. The molecule has 2 aromatic rings. The third kappa shape index (κ3) is 3.62. The van der Waals surface area contributed by atoms with E-state index in [0.29, 0.717) is 6.04 Å². The van der Waals surface area contributed by atoms with Gasteiger partial charge in [0, 0.05) is 6.04 Å². The fourth-order valence-corrected chi connectivity index (χ4v) is 3.32. The van der Waals surface area contributed by atoms with E-state index in [0.717, 1.165) is 25.1 Å². The minimum absolute atomic E-state index is 0.322. The molecule has 1 unspecified atom stereocenters. The van der Waals surface area contributed by atoms with Crippen molar-refractivity contribution in [2.45, 2.75) is 32.7 Å². The van der Waals surface area contributed by atoms with Crippen molar-refractivity contribution in [2.24, 2.45) is 0 Å². The minimum Gasteiger partial charge on any atom is -0.496 e. The standard InChI is InChI=1S/C17H23NOS/c1-4-13-6-8-14(9-7-13)12-15(18-5-2)17-16(19-3)10-11-20-17/h6-11,15,18H,4-5,12H2,1-3H3. The molecular weight excluding hydrogens is 266 g/mol. The Kier molecular flexibility index (Phi) is 5.62. The summed E-state index contributed by atoms with van der Waals surface area (Å²) in [6, 6.07) is 11.3. The van der Waals surface area contributed by atoms with E-state index < -0.39 is 0 Å². The van der Waals surface area contributed by atoms with Gasteiger partial charge < -0.3 is 10.1 Å². The third-order valence-electron chi connectivity index (χ3n) is 3.52. The van der Waals surface area contributed by atoms with Crippen LogP contribution in [0.25, 0.3) is 0 Å². The molecule has 0 fully saturated rings. The molecule has 20 heavy (non-hydrogen) atoms. The zero-order valence-electron chi connectivity index (χ0n) is 12.5. The smallest absolute Gasteiger partial charge is 0.134 e. The van der Waals surface area contributed by atoms with E-state index in [4.69, 9.17) is 4.74 Å². The van der Waals surface area contributed by atoms with Gasteiger partial charge in [-0.15, -0.1) is 11.3 Å². The van der Waals surface area contributed by atoms with E-state index in [1.165, 1.54) is 16.0 Å². The summed E-state index contributed by atoms with van der Waals surface area (Å²) in [5.41, 5.74) is 2.76. The molecule has 108 valence electrons. The molecule has 0 saturated carbocycles. The fourth-order valence-electron chi connectivity index (χ4n) is 2.38. The Morgan fingerprint density at radius 1 is 1.10 bits per heavy atom. The van der Waals surface area contributed by atoms with Crippen molar-refractivity contribution >= 4 is 11.3 Å². The van der Waals surface area contributed by atoms with Crippen LogP contribution in [0.5, 0.6) is 5.75 Å². The van der Waals surface area contributed by atoms with Gasteiger partial charge in [-0.2, -0.15) is 0 Å². The number of nitrogens with one attached hydrogen (secondary N) is 1. The molecule has 0 saturated heterocycles. The molecule has 0 bridgehead atoms. The van der Waals surface area contributed by atoms with Crippen molar-refractivity contribution in [3.8, 4) is 5.75 Å². The topological polar surface area (TPSA) is 21.3 Å². The molecule has 0 aliphatic rings. The lowest BCUT2D eigenvalue weighted by Gasteiger charge is -2.18. The van der Waals surface area contributed by atoms with Gasteiger partial charge in [0.05, 0.1) is 12.0 Å². The average molecular weight is 289 g/mol. The number of likely N-dealkylation sites (N-methyl/N-ethyl adjacent to an activating group) is 1. The number of rotatable bonds is 7. The monoisotopic (exact) mass is 289 g/mol. The van der Waals surface area contributed by atoms with Gasteiger partial charge in [0.2, 0.25) is 0 Å². The van der Waals surface area contributed by atoms with Crippen molar-refractivity contribution in [3.63, 3.8) is 0 Å². The molecule has 1 aromatic heterocycles. The Labute approximate surface area is 125 Å². The lowest BCUT2D eigenvalue weighted by molar-refractivity contribution is 0.403. The van der Waals surface area contributed by atoms with Crippen LogP contribution in [0, 0.1) is 0 Å². The second-order valence-corrected chi connectivity index (χ2v) is 5.79. The van der Waals surface area contributed by atoms with Crippen molar-refractivity contribution in [2.75, 3.05) is 13.7 Å². The van der Waals surface area contributed by atoms with Crippen molar-refractivity contribution in [3.05, 3.63) is 51.7 Å². The van der Waals surface area contributed by atoms with Crippen LogP contribution in [0.1, 0.15) is 35.9 Å². The van der Waals surface area contributed by atoms with E-state index in [1.54, 1.807) is 18.4 Å². The van der Waals surface area contributed by atoms with Crippen LogP contribution in [0.3, 0.4) is 0 Å². The minimum atomic E-state index is 0.322. The summed E-state index contributed by atoms with van der Waals surface area (Å²) >= 11 is 1.76. The molecule has 0 aliphatic carbocycles. The van der Waals surface area contributed by atoms with Gasteiger partial charge in [-0.05, 0) is 42.0 Å². The number of thiophene rings is 1. The Bertz CT molecular complexity index is 518. The maximum atomic E-state index is 5.46. The molecule has 0 amide bonds. The zero-order chi connectivity index (χ0) is 14.4. The normalized spacial score (nSPS) is 12.3. The number of hydrogen-bond acceptors (Lipinski definition) is 3. The van der Waals surface area contributed by atoms with Crippen molar-refractivity contribution in [1.29, 1.82) is 0 Å². The van der Waals surface area contributed by atoms with E-state index in [1.807, 2.05) is 6.07 Å². The van der Waals surface area contributed by atoms with Gasteiger partial charge in [-0.3, -0.25) is 0 Å². The van der Waals surface area contributed by atoms with Crippen molar-refractivity contribution in [1.82, 2.24) is 5.32 Å². The largest absolute Gasteiger partial charge is 0.496 e. The van der Waals surface area contributed by atoms with Crippen LogP contribution in [0.4, 0.5) is 0 Å². The van der Waals surface area contributed by atoms with Gasteiger partial charge in [-0.25, -0.2) is 0 Å². The van der Waals surface area contributed by atoms with E-state index in [2.05, 4.69) is 48.8 Å². The van der Waals surface area contributed by atoms with Crippen LogP contribution >= 0.6 is 11.3 Å². The first-order valence-corrected chi connectivity index (χ1v) is 8.09. The SMILES string of the molecule is CCNC(Cc1ccc(CC)cc1)c1sccc1OC. The van der Waals surface area contributed by atoms with E-state index >= 15 is 0 Å². The van der Waals surface area contributed by atoms with Crippen molar-refractivity contribution < 1.29 is 4.74 Å². The van der Waals surface area contributed by atoms with Gasteiger partial charge in [0.15, 0.2) is 0 Å². The zero-order valence-corrected chi connectivity index (χ0v) is 13.3. The van der Waals surface area contributed by atoms with Gasteiger partial charge >= 0.3 is 0 Å². The number of aryl methyl sites for hydroxylation is 1.